The maximum Gasteiger partial charge on any atom is 0.198 e. The van der Waals surface area contributed by atoms with E-state index in [4.69, 9.17) is 4.42 Å². The first-order chi connectivity index (χ1) is 7.68. The van der Waals surface area contributed by atoms with Crippen LogP contribution in [0.2, 0.25) is 0 Å². The van der Waals surface area contributed by atoms with Crippen LogP contribution in [0.4, 0.5) is 0 Å². The predicted octanol–water partition coefficient (Wildman–Crippen LogP) is 2.14. The van der Waals surface area contributed by atoms with Crippen LogP contribution in [0, 0.1) is 6.92 Å². The first kappa shape index (κ1) is 10.7. The van der Waals surface area contributed by atoms with Gasteiger partial charge in [-0.05, 0) is 18.6 Å². The minimum absolute atomic E-state index is 0.0329. The van der Waals surface area contributed by atoms with Crippen molar-refractivity contribution in [2.75, 3.05) is 0 Å². The molecule has 2 heterocycles. The Balaban J connectivity index is 1.99. The maximum atomic E-state index is 11.8. The number of aryl methyl sites for hydroxylation is 3. The Morgan fingerprint density at radius 3 is 2.94 bits per heavy atom. The lowest BCUT2D eigenvalue weighted by Crippen LogP contribution is -2.04. The first-order valence-electron chi connectivity index (χ1n) is 5.22. The van der Waals surface area contributed by atoms with Crippen molar-refractivity contribution in [3.05, 3.63) is 41.9 Å². The molecule has 0 N–H and O–H groups in total. The summed E-state index contributed by atoms with van der Waals surface area (Å²) < 4.78 is 7.07. The highest BCUT2D eigenvalue weighted by atomic mass is 16.3. The molecule has 4 nitrogen and oxygen atoms in total. The van der Waals surface area contributed by atoms with Crippen molar-refractivity contribution in [2.24, 2.45) is 7.05 Å². The molecular formula is C12H14N2O2. The van der Waals surface area contributed by atoms with Gasteiger partial charge in [0.1, 0.15) is 5.82 Å². The summed E-state index contributed by atoms with van der Waals surface area (Å²) in [5, 5.41) is 0. The number of carbonyl (C=O) groups excluding carboxylic acids is 1. The molecule has 0 unspecified atom stereocenters. The Morgan fingerprint density at radius 1 is 1.56 bits per heavy atom. The number of ketones is 1. The quantitative estimate of drug-likeness (QED) is 0.739. The number of hydrogen-bond donors (Lipinski definition) is 0. The van der Waals surface area contributed by atoms with Crippen molar-refractivity contribution < 1.29 is 9.21 Å². The van der Waals surface area contributed by atoms with Gasteiger partial charge in [-0.15, -0.1) is 0 Å². The van der Waals surface area contributed by atoms with Crippen molar-refractivity contribution in [3.8, 4) is 0 Å². The van der Waals surface area contributed by atoms with E-state index in [0.29, 0.717) is 18.6 Å². The van der Waals surface area contributed by atoms with E-state index in [2.05, 4.69) is 4.98 Å². The predicted molar refractivity (Wildman–Crippen MR) is 59.3 cm³/mol. The normalized spacial score (nSPS) is 10.6. The Kier molecular flexibility index (Phi) is 2.90. The van der Waals surface area contributed by atoms with Gasteiger partial charge in [-0.25, -0.2) is 4.98 Å². The lowest BCUT2D eigenvalue weighted by molar-refractivity contribution is 0.0954. The molecule has 2 aromatic rings. The van der Waals surface area contributed by atoms with Crippen LogP contribution in [0.1, 0.15) is 28.4 Å². The molecule has 0 bridgehead atoms. The van der Waals surface area contributed by atoms with Crippen LogP contribution in [0.15, 0.2) is 29.1 Å². The van der Waals surface area contributed by atoms with Gasteiger partial charge in [0.25, 0.3) is 0 Å². The Morgan fingerprint density at radius 2 is 2.38 bits per heavy atom. The minimum atomic E-state index is 0.0329. The molecule has 0 spiro atoms. The van der Waals surface area contributed by atoms with Crippen LogP contribution >= 0.6 is 0 Å². The van der Waals surface area contributed by atoms with Crippen LogP contribution < -0.4 is 0 Å². The van der Waals surface area contributed by atoms with Gasteiger partial charge in [0.15, 0.2) is 11.5 Å². The van der Waals surface area contributed by atoms with E-state index in [0.717, 1.165) is 11.4 Å². The van der Waals surface area contributed by atoms with Gasteiger partial charge in [0, 0.05) is 32.3 Å². The molecular weight excluding hydrogens is 204 g/mol. The fraction of sp³-hybridized carbons (Fsp3) is 0.333. The Labute approximate surface area is 93.9 Å². The molecule has 0 saturated heterocycles. The second kappa shape index (κ2) is 4.35. The molecule has 0 aliphatic heterocycles. The number of furan rings is 1. The molecule has 0 amide bonds. The number of imidazole rings is 1. The van der Waals surface area contributed by atoms with E-state index in [9.17, 15) is 4.79 Å². The molecule has 84 valence electrons. The Hall–Kier alpha value is -1.84. The monoisotopic (exact) mass is 218 g/mol. The fourth-order valence-corrected chi connectivity index (χ4v) is 1.63. The summed E-state index contributed by atoms with van der Waals surface area (Å²) in [6.45, 7) is 1.87. The molecule has 0 aliphatic carbocycles. The highest BCUT2D eigenvalue weighted by Crippen LogP contribution is 2.12. The molecule has 0 radical (unpaired) electrons. The van der Waals surface area contributed by atoms with Crippen molar-refractivity contribution in [1.29, 1.82) is 0 Å². The fourth-order valence-electron chi connectivity index (χ4n) is 1.63. The molecule has 0 saturated carbocycles. The second-order valence-corrected chi connectivity index (χ2v) is 3.81. The second-order valence-electron chi connectivity index (χ2n) is 3.81. The van der Waals surface area contributed by atoms with Gasteiger partial charge in [-0.2, -0.15) is 0 Å². The van der Waals surface area contributed by atoms with E-state index < -0.39 is 0 Å². The average Bonchev–Trinajstić information content (AvgIpc) is 2.84. The molecule has 16 heavy (non-hydrogen) atoms. The van der Waals surface area contributed by atoms with Gasteiger partial charge in [0.05, 0.1) is 6.26 Å². The van der Waals surface area contributed by atoms with Gasteiger partial charge in [-0.1, -0.05) is 0 Å². The van der Waals surface area contributed by atoms with Gasteiger partial charge < -0.3 is 8.98 Å². The first-order valence-corrected chi connectivity index (χ1v) is 5.22. The van der Waals surface area contributed by atoms with E-state index in [1.54, 1.807) is 18.5 Å². The summed E-state index contributed by atoms with van der Waals surface area (Å²) in [6.07, 6.45) is 6.22. The number of aromatic nitrogens is 2. The molecule has 0 aromatic carbocycles. The molecule has 0 atom stereocenters. The van der Waals surface area contributed by atoms with Crippen molar-refractivity contribution in [3.63, 3.8) is 0 Å². The van der Waals surface area contributed by atoms with Crippen LogP contribution in [0.3, 0.4) is 0 Å². The van der Waals surface area contributed by atoms with Gasteiger partial charge in [0.2, 0.25) is 0 Å². The zero-order valence-electron chi connectivity index (χ0n) is 9.43. The summed E-state index contributed by atoms with van der Waals surface area (Å²) in [7, 11) is 1.92. The number of hydrogen-bond acceptors (Lipinski definition) is 3. The van der Waals surface area contributed by atoms with E-state index in [1.165, 1.54) is 0 Å². The number of nitrogens with zero attached hydrogens (tertiary/aromatic N) is 2. The van der Waals surface area contributed by atoms with Crippen LogP contribution in [-0.4, -0.2) is 15.3 Å². The van der Waals surface area contributed by atoms with E-state index in [1.807, 2.05) is 24.7 Å². The minimum Gasteiger partial charge on any atom is -0.461 e. The van der Waals surface area contributed by atoms with Gasteiger partial charge in [-0.3, -0.25) is 4.79 Å². The summed E-state index contributed by atoms with van der Waals surface area (Å²) in [4.78, 5) is 16.0. The van der Waals surface area contributed by atoms with Gasteiger partial charge >= 0.3 is 0 Å². The van der Waals surface area contributed by atoms with Crippen LogP contribution in [-0.2, 0) is 13.5 Å². The summed E-state index contributed by atoms with van der Waals surface area (Å²) in [5.74, 6) is 1.41. The summed E-state index contributed by atoms with van der Waals surface area (Å²) in [5.41, 5.74) is 0.893. The number of Topliss-reactive ketones (excluding diaryl/α,β-unsaturated/α-hetero) is 1. The maximum absolute atomic E-state index is 11.8. The lowest BCUT2D eigenvalue weighted by atomic mass is 10.1. The zero-order chi connectivity index (χ0) is 11.5. The van der Waals surface area contributed by atoms with E-state index in [-0.39, 0.29) is 5.78 Å². The molecule has 2 rings (SSSR count). The average molecular weight is 218 g/mol. The molecule has 0 aliphatic rings. The van der Waals surface area contributed by atoms with Crippen LogP contribution in [0.5, 0.6) is 0 Å². The number of carbonyl (C=O) groups is 1. The van der Waals surface area contributed by atoms with Crippen LogP contribution in [0.25, 0.3) is 0 Å². The molecule has 2 aromatic heterocycles. The molecule has 4 heteroatoms. The lowest BCUT2D eigenvalue weighted by Gasteiger charge is -2.00. The zero-order valence-corrected chi connectivity index (χ0v) is 9.43. The number of rotatable bonds is 4. The third-order valence-electron chi connectivity index (χ3n) is 2.61. The Bertz CT molecular complexity index is 497. The summed E-state index contributed by atoms with van der Waals surface area (Å²) in [6, 6.07) is 1.80. The smallest absolute Gasteiger partial charge is 0.198 e. The summed E-state index contributed by atoms with van der Waals surface area (Å²) >= 11 is 0. The highest BCUT2D eigenvalue weighted by Gasteiger charge is 2.13. The highest BCUT2D eigenvalue weighted by molar-refractivity contribution is 5.94. The largest absolute Gasteiger partial charge is 0.461 e. The van der Waals surface area contributed by atoms with E-state index >= 15 is 0 Å². The van der Waals surface area contributed by atoms with Crippen molar-refractivity contribution in [2.45, 2.75) is 19.8 Å². The standard InChI is InChI=1S/C12H14N2O2/c1-9-5-8-16-12(9)10(15)3-4-11-13-6-7-14(11)2/h5-8H,3-4H2,1-2H3. The topological polar surface area (TPSA) is 48.0 Å². The van der Waals surface area contributed by atoms with Crippen molar-refractivity contribution >= 4 is 5.78 Å². The molecule has 0 fully saturated rings. The third-order valence-corrected chi connectivity index (χ3v) is 2.61. The SMILES string of the molecule is Cc1ccoc1C(=O)CCc1nccn1C. The third kappa shape index (κ3) is 2.05. The van der Waals surface area contributed by atoms with Crippen molar-refractivity contribution in [1.82, 2.24) is 9.55 Å².